The lowest BCUT2D eigenvalue weighted by Crippen LogP contribution is -2.47. The lowest BCUT2D eigenvalue weighted by atomic mass is 10.1. The van der Waals surface area contributed by atoms with Crippen LogP contribution in [0.2, 0.25) is 0 Å². The molecule has 7 nitrogen and oxygen atoms in total. The summed E-state index contributed by atoms with van der Waals surface area (Å²) in [5.41, 5.74) is 0.730. The Labute approximate surface area is 133 Å². The van der Waals surface area contributed by atoms with Crippen molar-refractivity contribution in [1.29, 1.82) is 0 Å². The molecule has 1 saturated heterocycles. The van der Waals surface area contributed by atoms with Crippen LogP contribution < -0.4 is 10.5 Å². The number of fused-ring (bicyclic) bond motifs is 3. The fourth-order valence-electron chi connectivity index (χ4n) is 3.84. The van der Waals surface area contributed by atoms with Gasteiger partial charge in [-0.25, -0.2) is 9.97 Å². The molecule has 23 heavy (non-hydrogen) atoms. The van der Waals surface area contributed by atoms with Crippen LogP contribution in [-0.2, 0) is 15.6 Å². The monoisotopic (exact) mass is 330 g/mol. The molecule has 0 spiro atoms. The minimum Gasteiger partial charge on any atom is -0.307 e. The summed E-state index contributed by atoms with van der Waals surface area (Å²) in [7, 11) is -1.29. The Kier molecular flexibility index (Phi) is 2.60. The second-order valence-corrected chi connectivity index (χ2v) is 7.83. The molecular formula is C15H14N4O3S. The van der Waals surface area contributed by atoms with Crippen LogP contribution in [0.3, 0.4) is 0 Å². The van der Waals surface area contributed by atoms with E-state index in [9.17, 15) is 13.8 Å². The van der Waals surface area contributed by atoms with Gasteiger partial charge in [-0.3, -0.25) is 18.4 Å². The van der Waals surface area contributed by atoms with E-state index in [4.69, 9.17) is 0 Å². The van der Waals surface area contributed by atoms with E-state index < -0.39 is 10.8 Å². The summed E-state index contributed by atoms with van der Waals surface area (Å²) in [5, 5.41) is 0.901. The molecule has 3 aliphatic rings. The maximum atomic E-state index is 13.0. The van der Waals surface area contributed by atoms with Crippen LogP contribution in [0, 0.1) is 0 Å². The topological polar surface area (TPSA) is 85.2 Å². The van der Waals surface area contributed by atoms with Crippen LogP contribution in [0.4, 0.5) is 5.69 Å². The molecule has 2 bridgehead atoms. The zero-order chi connectivity index (χ0) is 15.7. The SMILES string of the molecule is O=C1CCN1c1cc2cnc3nc2n(c1=O)C1CCCC1S3=O. The molecule has 2 aliphatic heterocycles. The molecule has 0 N–H and O–H groups in total. The molecule has 3 unspecified atom stereocenters. The average molecular weight is 330 g/mol. The van der Waals surface area contributed by atoms with Crippen molar-refractivity contribution in [3.05, 3.63) is 22.6 Å². The van der Waals surface area contributed by atoms with Gasteiger partial charge in [0.15, 0.2) is 0 Å². The summed E-state index contributed by atoms with van der Waals surface area (Å²) >= 11 is 0. The number of carbonyl (C=O) groups excluding carboxylic acids is 1. The van der Waals surface area contributed by atoms with Crippen LogP contribution in [0.25, 0.3) is 11.0 Å². The highest BCUT2D eigenvalue weighted by Crippen LogP contribution is 2.38. The molecule has 118 valence electrons. The summed E-state index contributed by atoms with van der Waals surface area (Å²) < 4.78 is 14.4. The van der Waals surface area contributed by atoms with E-state index in [1.165, 1.54) is 4.90 Å². The minimum absolute atomic E-state index is 0.0352. The van der Waals surface area contributed by atoms with E-state index >= 15 is 0 Å². The number of amides is 1. The van der Waals surface area contributed by atoms with Crippen LogP contribution in [0.1, 0.15) is 31.7 Å². The third-order valence-electron chi connectivity index (χ3n) is 5.08. The maximum Gasteiger partial charge on any atom is 0.276 e. The Morgan fingerprint density at radius 2 is 2.13 bits per heavy atom. The Morgan fingerprint density at radius 3 is 2.87 bits per heavy atom. The Hall–Kier alpha value is -2.09. The fourth-order valence-corrected chi connectivity index (χ4v) is 5.37. The van der Waals surface area contributed by atoms with Crippen LogP contribution in [0.15, 0.2) is 22.2 Å². The van der Waals surface area contributed by atoms with Gasteiger partial charge in [0.05, 0.1) is 22.1 Å². The van der Waals surface area contributed by atoms with Gasteiger partial charge in [-0.1, -0.05) is 6.42 Å². The highest BCUT2D eigenvalue weighted by Gasteiger charge is 2.40. The number of rotatable bonds is 1. The first-order chi connectivity index (χ1) is 11.1. The fraction of sp³-hybridized carbons (Fsp3) is 0.467. The molecule has 1 aliphatic carbocycles. The molecule has 2 aromatic rings. The van der Waals surface area contributed by atoms with Crippen molar-refractivity contribution >= 4 is 33.4 Å². The number of β-lactam (4-membered cyclic amide) rings is 1. The number of anilines is 1. The van der Waals surface area contributed by atoms with Crippen LogP contribution in [0.5, 0.6) is 0 Å². The largest absolute Gasteiger partial charge is 0.307 e. The van der Waals surface area contributed by atoms with Gasteiger partial charge in [-0.15, -0.1) is 0 Å². The molecule has 0 radical (unpaired) electrons. The second-order valence-electron chi connectivity index (χ2n) is 6.27. The smallest absolute Gasteiger partial charge is 0.276 e. The zero-order valence-corrected chi connectivity index (χ0v) is 13.1. The lowest BCUT2D eigenvalue weighted by Gasteiger charge is -2.31. The highest BCUT2D eigenvalue weighted by atomic mass is 32.2. The number of pyridine rings is 1. The van der Waals surface area contributed by atoms with E-state index in [0.29, 0.717) is 34.8 Å². The normalized spacial score (nSPS) is 28.8. The quantitative estimate of drug-likeness (QED) is 0.569. The molecular weight excluding hydrogens is 316 g/mol. The third-order valence-corrected chi connectivity index (χ3v) is 6.73. The van der Waals surface area contributed by atoms with Gasteiger partial charge in [-0.05, 0) is 18.9 Å². The molecule has 1 saturated carbocycles. The Bertz CT molecular complexity index is 954. The molecule has 2 aromatic heterocycles. The lowest BCUT2D eigenvalue weighted by molar-refractivity contribution is -0.122. The molecule has 4 heterocycles. The number of hydrogen-bond acceptors (Lipinski definition) is 5. The first-order valence-corrected chi connectivity index (χ1v) is 9.00. The van der Waals surface area contributed by atoms with Gasteiger partial charge in [0.1, 0.15) is 11.3 Å². The van der Waals surface area contributed by atoms with E-state index in [-0.39, 0.29) is 22.8 Å². The van der Waals surface area contributed by atoms with Gasteiger partial charge >= 0.3 is 0 Å². The molecule has 0 aromatic carbocycles. The minimum atomic E-state index is -1.29. The van der Waals surface area contributed by atoms with Crippen molar-refractivity contribution in [2.45, 2.75) is 42.1 Å². The summed E-state index contributed by atoms with van der Waals surface area (Å²) in [6, 6.07) is 1.56. The molecule has 8 heteroatoms. The Morgan fingerprint density at radius 1 is 1.26 bits per heavy atom. The van der Waals surface area contributed by atoms with Crippen LogP contribution >= 0.6 is 0 Å². The molecule has 2 fully saturated rings. The van der Waals surface area contributed by atoms with E-state index in [0.717, 1.165) is 19.3 Å². The number of carbonyl (C=O) groups is 1. The Balaban J connectivity index is 1.85. The highest BCUT2D eigenvalue weighted by molar-refractivity contribution is 7.85. The molecule has 3 atom stereocenters. The van der Waals surface area contributed by atoms with Crippen molar-refractivity contribution in [2.75, 3.05) is 11.4 Å². The van der Waals surface area contributed by atoms with E-state index in [1.807, 2.05) is 0 Å². The molecule has 1 amide bonds. The summed E-state index contributed by atoms with van der Waals surface area (Å²) in [6.45, 7) is 0.568. The van der Waals surface area contributed by atoms with Crippen molar-refractivity contribution in [1.82, 2.24) is 14.5 Å². The second kappa shape index (κ2) is 4.47. The van der Waals surface area contributed by atoms with Gasteiger partial charge in [-0.2, -0.15) is 0 Å². The van der Waals surface area contributed by atoms with Crippen molar-refractivity contribution in [3.8, 4) is 0 Å². The summed E-state index contributed by atoms with van der Waals surface area (Å²) in [4.78, 5) is 35.0. The van der Waals surface area contributed by atoms with Gasteiger partial charge < -0.3 is 4.90 Å². The summed E-state index contributed by atoms with van der Waals surface area (Å²) in [6.07, 6.45) is 4.64. The van der Waals surface area contributed by atoms with Crippen molar-refractivity contribution < 1.29 is 9.00 Å². The van der Waals surface area contributed by atoms with Crippen LogP contribution in [-0.4, -0.2) is 36.4 Å². The standard InChI is InChI=1S/C15H14N4O3S/c20-12-4-5-18(12)10-6-8-7-16-15-17-13(8)19(14(10)21)9-2-1-3-11(9)23(15)22/h6-7,9,11H,1-5H2. The first kappa shape index (κ1) is 13.4. The number of hydrogen-bond donors (Lipinski definition) is 0. The predicted octanol–water partition coefficient (Wildman–Crippen LogP) is 0.743. The molecule has 5 rings (SSSR count). The maximum absolute atomic E-state index is 13.0. The van der Waals surface area contributed by atoms with Crippen molar-refractivity contribution in [2.24, 2.45) is 0 Å². The third kappa shape index (κ3) is 1.67. The number of aromatic nitrogens is 3. The van der Waals surface area contributed by atoms with E-state index in [1.54, 1.807) is 16.8 Å². The van der Waals surface area contributed by atoms with Crippen molar-refractivity contribution in [3.63, 3.8) is 0 Å². The zero-order valence-electron chi connectivity index (χ0n) is 12.3. The first-order valence-electron chi connectivity index (χ1n) is 7.78. The predicted molar refractivity (Wildman–Crippen MR) is 83.9 cm³/mol. The van der Waals surface area contributed by atoms with Gasteiger partial charge in [0.25, 0.3) is 5.56 Å². The number of nitrogens with zero attached hydrogens (tertiary/aromatic N) is 4. The van der Waals surface area contributed by atoms with E-state index in [2.05, 4.69) is 9.97 Å². The van der Waals surface area contributed by atoms with Gasteiger partial charge in [0, 0.05) is 24.5 Å². The summed E-state index contributed by atoms with van der Waals surface area (Å²) in [5.74, 6) is -0.0352. The van der Waals surface area contributed by atoms with Gasteiger partial charge in [0.2, 0.25) is 11.1 Å². The average Bonchev–Trinajstić information content (AvgIpc) is 2.99.